The van der Waals surface area contributed by atoms with Crippen LogP contribution >= 0.6 is 11.3 Å². The zero-order valence-electron chi connectivity index (χ0n) is 16.1. The summed E-state index contributed by atoms with van der Waals surface area (Å²) in [6.07, 6.45) is 3.11. The number of benzene rings is 1. The number of nitriles is 1. The molecule has 1 aliphatic heterocycles. The van der Waals surface area contributed by atoms with Crippen molar-refractivity contribution in [3.63, 3.8) is 0 Å². The number of thiophene rings is 1. The molecular weight excluding hydrogens is 393 g/mol. The molecule has 3 rings (SSSR count). The number of halogens is 1. The molecule has 1 aromatic heterocycles. The van der Waals surface area contributed by atoms with Crippen LogP contribution in [0.2, 0.25) is 0 Å². The third-order valence-corrected chi connectivity index (χ3v) is 5.71. The molecule has 0 spiro atoms. The molecule has 0 saturated carbocycles. The molecule has 0 saturated heterocycles. The topological polar surface area (TPSA) is 82.4 Å². The molecule has 2 amide bonds. The van der Waals surface area contributed by atoms with Crippen LogP contribution in [0.4, 0.5) is 14.2 Å². The largest absolute Gasteiger partial charge is 0.450 e. The fourth-order valence-electron chi connectivity index (χ4n) is 3.13. The number of fused-ring (bicyclic) bond motifs is 1. The lowest BCUT2D eigenvalue weighted by atomic mass is 10.0. The molecule has 150 valence electrons. The van der Waals surface area contributed by atoms with E-state index < -0.39 is 0 Å². The predicted molar refractivity (Wildman–Crippen MR) is 109 cm³/mol. The molecule has 0 atom stereocenters. The van der Waals surface area contributed by atoms with Gasteiger partial charge in [0.1, 0.15) is 16.9 Å². The Morgan fingerprint density at radius 1 is 1.45 bits per heavy atom. The number of hydrogen-bond donors (Lipinski definition) is 1. The summed E-state index contributed by atoms with van der Waals surface area (Å²) >= 11 is 1.29. The van der Waals surface area contributed by atoms with E-state index in [1.165, 1.54) is 29.5 Å². The first kappa shape index (κ1) is 20.6. The van der Waals surface area contributed by atoms with E-state index in [0.717, 1.165) is 21.6 Å². The number of amides is 2. The fraction of sp³-hybridized carbons (Fsp3) is 0.286. The second-order valence-electron chi connectivity index (χ2n) is 6.51. The molecule has 0 aliphatic carbocycles. The second-order valence-corrected chi connectivity index (χ2v) is 7.62. The van der Waals surface area contributed by atoms with Crippen LogP contribution in [0.5, 0.6) is 0 Å². The molecule has 2 aromatic rings. The van der Waals surface area contributed by atoms with E-state index in [2.05, 4.69) is 11.4 Å². The summed E-state index contributed by atoms with van der Waals surface area (Å²) in [5, 5.41) is 12.8. The van der Waals surface area contributed by atoms with Crippen LogP contribution in [0.3, 0.4) is 0 Å². The first-order valence-corrected chi connectivity index (χ1v) is 9.96. The summed E-state index contributed by atoms with van der Waals surface area (Å²) in [5.41, 5.74) is 2.76. The summed E-state index contributed by atoms with van der Waals surface area (Å²) in [6, 6.07) is 6.49. The van der Waals surface area contributed by atoms with Gasteiger partial charge in [-0.25, -0.2) is 9.18 Å². The maximum atomic E-state index is 13.2. The number of nitrogens with zero attached hydrogens (tertiary/aromatic N) is 2. The highest BCUT2D eigenvalue weighted by Crippen LogP contribution is 2.36. The van der Waals surface area contributed by atoms with E-state index in [1.807, 2.05) is 0 Å². The molecule has 0 unspecified atom stereocenters. The molecular formula is C21H20FN3O3S. The van der Waals surface area contributed by atoms with E-state index >= 15 is 0 Å². The third-order valence-electron chi connectivity index (χ3n) is 4.58. The minimum atomic E-state index is -0.383. The summed E-state index contributed by atoms with van der Waals surface area (Å²) in [7, 11) is 0. The number of carbonyl (C=O) groups excluding carboxylic acids is 2. The Hall–Kier alpha value is -3.18. The molecule has 1 aliphatic rings. The van der Waals surface area contributed by atoms with Crippen molar-refractivity contribution in [3.05, 3.63) is 57.2 Å². The first-order chi connectivity index (χ1) is 13.9. The first-order valence-electron chi connectivity index (χ1n) is 9.14. The maximum absolute atomic E-state index is 13.2. The fourth-order valence-corrected chi connectivity index (χ4v) is 4.34. The molecule has 6 nitrogen and oxygen atoms in total. The van der Waals surface area contributed by atoms with E-state index in [4.69, 9.17) is 4.74 Å². The monoisotopic (exact) mass is 413 g/mol. The van der Waals surface area contributed by atoms with Crippen LogP contribution in [0.1, 0.15) is 34.1 Å². The molecule has 0 fully saturated rings. The predicted octanol–water partition coefficient (Wildman–Crippen LogP) is 4.23. The van der Waals surface area contributed by atoms with Crippen LogP contribution in [0.15, 0.2) is 24.3 Å². The van der Waals surface area contributed by atoms with Crippen LogP contribution < -0.4 is 5.32 Å². The van der Waals surface area contributed by atoms with Gasteiger partial charge in [0.15, 0.2) is 0 Å². The third kappa shape index (κ3) is 4.63. The number of ether oxygens (including phenoxy) is 1. The smallest absolute Gasteiger partial charge is 0.410 e. The minimum Gasteiger partial charge on any atom is -0.450 e. The molecule has 1 aromatic carbocycles. The van der Waals surface area contributed by atoms with Gasteiger partial charge in [0.2, 0.25) is 5.91 Å². The summed E-state index contributed by atoms with van der Waals surface area (Å²) < 4.78 is 18.2. The Kier molecular flexibility index (Phi) is 6.29. The summed E-state index contributed by atoms with van der Waals surface area (Å²) in [6.45, 7) is 4.64. The zero-order valence-corrected chi connectivity index (χ0v) is 16.9. The van der Waals surface area contributed by atoms with Gasteiger partial charge in [-0.3, -0.25) is 4.79 Å². The number of carbonyl (C=O) groups is 2. The van der Waals surface area contributed by atoms with Crippen molar-refractivity contribution in [2.75, 3.05) is 18.5 Å². The highest BCUT2D eigenvalue weighted by Gasteiger charge is 2.27. The average molecular weight is 413 g/mol. The van der Waals surface area contributed by atoms with Crippen molar-refractivity contribution in [1.29, 1.82) is 5.26 Å². The molecule has 8 heteroatoms. The normalized spacial score (nSPS) is 13.1. The van der Waals surface area contributed by atoms with Gasteiger partial charge in [0.25, 0.3) is 0 Å². The Morgan fingerprint density at radius 2 is 2.24 bits per heavy atom. The second kappa shape index (κ2) is 8.88. The number of hydrogen-bond acceptors (Lipinski definition) is 5. The van der Waals surface area contributed by atoms with Gasteiger partial charge in [-0.05, 0) is 55.2 Å². The van der Waals surface area contributed by atoms with Gasteiger partial charge in [0.05, 0.1) is 18.7 Å². The summed E-state index contributed by atoms with van der Waals surface area (Å²) in [4.78, 5) is 26.8. The van der Waals surface area contributed by atoms with E-state index in [0.29, 0.717) is 36.7 Å². The van der Waals surface area contributed by atoms with Gasteiger partial charge in [-0.2, -0.15) is 5.26 Å². The Morgan fingerprint density at radius 3 is 2.93 bits per heavy atom. The molecule has 2 heterocycles. The average Bonchev–Trinajstić information content (AvgIpc) is 3.03. The Bertz CT molecular complexity index is 1020. The van der Waals surface area contributed by atoms with Crippen molar-refractivity contribution >= 4 is 34.4 Å². The zero-order chi connectivity index (χ0) is 21.0. The summed E-state index contributed by atoms with van der Waals surface area (Å²) in [5.74, 6) is -0.713. The van der Waals surface area contributed by atoms with Crippen molar-refractivity contribution in [2.45, 2.75) is 26.8 Å². The van der Waals surface area contributed by atoms with Crippen molar-refractivity contribution < 1.29 is 18.7 Å². The number of aryl methyl sites for hydroxylation is 1. The van der Waals surface area contributed by atoms with Gasteiger partial charge in [-0.15, -0.1) is 11.3 Å². The van der Waals surface area contributed by atoms with Crippen molar-refractivity contribution in [3.8, 4) is 6.07 Å². The lowest BCUT2D eigenvalue weighted by Gasteiger charge is -2.25. The van der Waals surface area contributed by atoms with Crippen LogP contribution in [-0.4, -0.2) is 30.1 Å². The Balaban J connectivity index is 1.75. The molecule has 0 bridgehead atoms. The quantitative estimate of drug-likeness (QED) is 0.761. The van der Waals surface area contributed by atoms with Gasteiger partial charge < -0.3 is 15.0 Å². The van der Waals surface area contributed by atoms with Gasteiger partial charge >= 0.3 is 6.09 Å². The van der Waals surface area contributed by atoms with Crippen LogP contribution in [-0.2, 0) is 22.5 Å². The molecule has 29 heavy (non-hydrogen) atoms. The number of nitrogens with one attached hydrogen (secondary N) is 1. The number of rotatable bonds is 4. The van der Waals surface area contributed by atoms with Crippen LogP contribution in [0, 0.1) is 24.1 Å². The number of anilines is 1. The van der Waals surface area contributed by atoms with Crippen LogP contribution in [0.25, 0.3) is 6.08 Å². The van der Waals surface area contributed by atoms with E-state index in [-0.39, 0.29) is 17.8 Å². The highest BCUT2D eigenvalue weighted by molar-refractivity contribution is 7.16. The molecule has 0 radical (unpaired) electrons. The van der Waals surface area contributed by atoms with E-state index in [1.54, 1.807) is 30.9 Å². The van der Waals surface area contributed by atoms with Crippen molar-refractivity contribution in [2.24, 2.45) is 0 Å². The Labute approximate surface area is 172 Å². The van der Waals surface area contributed by atoms with Crippen molar-refractivity contribution in [1.82, 2.24) is 4.90 Å². The van der Waals surface area contributed by atoms with E-state index in [9.17, 15) is 19.2 Å². The minimum absolute atomic E-state index is 0.303. The SMILES string of the molecule is CCOC(=O)N1CCc2c(sc(NC(=O)C=Cc3ccc(F)cc3C)c2C#N)C1. The molecule has 1 N–H and O–H groups in total. The van der Waals surface area contributed by atoms with Gasteiger partial charge in [-0.1, -0.05) is 6.07 Å². The standard InChI is InChI=1S/C21H20FN3O3S/c1-3-28-21(27)25-9-8-16-17(11-23)20(29-18(16)12-25)24-19(26)7-5-14-4-6-15(22)10-13(14)2/h4-7,10H,3,8-9,12H2,1-2H3,(H,24,26). The van der Waals surface area contributed by atoms with Gasteiger partial charge in [0, 0.05) is 17.5 Å². The maximum Gasteiger partial charge on any atom is 0.410 e. The highest BCUT2D eigenvalue weighted by atomic mass is 32.1. The lowest BCUT2D eigenvalue weighted by molar-refractivity contribution is -0.111. The lowest BCUT2D eigenvalue weighted by Crippen LogP contribution is -2.35.